The molecule has 3 N–H and O–H groups in total. The van der Waals surface area contributed by atoms with Crippen LogP contribution in [0.25, 0.3) is 22.3 Å². The maximum absolute atomic E-state index is 12.7. The van der Waals surface area contributed by atoms with E-state index in [1.165, 1.54) is 6.26 Å². The van der Waals surface area contributed by atoms with Crippen LogP contribution in [0.4, 0.5) is 17.2 Å². The van der Waals surface area contributed by atoms with Crippen molar-refractivity contribution in [1.82, 2.24) is 24.7 Å². The van der Waals surface area contributed by atoms with Gasteiger partial charge in [-0.1, -0.05) is 6.07 Å². The van der Waals surface area contributed by atoms with Crippen LogP contribution in [-0.2, 0) is 21.7 Å². The number of rotatable bonds is 6. The highest BCUT2D eigenvalue weighted by molar-refractivity contribution is 7.90. The van der Waals surface area contributed by atoms with Gasteiger partial charge in [-0.15, -0.1) is 0 Å². The number of aromatic nitrogens is 5. The van der Waals surface area contributed by atoms with Crippen LogP contribution in [0.1, 0.15) is 24.4 Å². The van der Waals surface area contributed by atoms with Crippen molar-refractivity contribution in [2.75, 3.05) is 16.9 Å². The molecule has 5 rings (SSSR count). The normalized spacial score (nSPS) is 13.9. The van der Waals surface area contributed by atoms with Gasteiger partial charge >= 0.3 is 0 Å². The molecule has 0 unspecified atom stereocenters. The zero-order chi connectivity index (χ0) is 24.2. The molecule has 1 saturated carbocycles. The summed E-state index contributed by atoms with van der Waals surface area (Å²) in [6.45, 7) is 3.74. The van der Waals surface area contributed by atoms with E-state index in [-0.39, 0.29) is 16.7 Å². The van der Waals surface area contributed by atoms with Crippen molar-refractivity contribution in [2.45, 2.75) is 31.6 Å². The predicted molar refractivity (Wildman–Crippen MR) is 130 cm³/mol. The predicted octanol–water partition coefficient (Wildman–Crippen LogP) is 3.47. The second kappa shape index (κ2) is 7.94. The molecule has 3 aromatic heterocycles. The van der Waals surface area contributed by atoms with Gasteiger partial charge in [0.1, 0.15) is 17.2 Å². The van der Waals surface area contributed by atoms with Crippen molar-refractivity contribution in [1.29, 1.82) is 0 Å². The van der Waals surface area contributed by atoms with Crippen LogP contribution in [0, 0.1) is 19.8 Å². The average molecular weight is 480 g/mol. The summed E-state index contributed by atoms with van der Waals surface area (Å²) in [5, 5.41) is 10.3. The van der Waals surface area contributed by atoms with E-state index in [9.17, 15) is 13.2 Å². The molecule has 10 nitrogen and oxygen atoms in total. The lowest BCUT2D eigenvalue weighted by Crippen LogP contribution is -2.14. The first kappa shape index (κ1) is 22.1. The van der Waals surface area contributed by atoms with E-state index < -0.39 is 9.84 Å². The number of nitrogens with zero attached hydrogens (tertiary/aromatic N) is 4. The second-order valence-electron chi connectivity index (χ2n) is 8.71. The molecule has 1 fully saturated rings. The van der Waals surface area contributed by atoms with Gasteiger partial charge in [0.15, 0.2) is 15.5 Å². The standard InChI is InChI=1S/C23H25N7O3S/c1-12-16(11-24-30(12)3)15-7-8-17(19(9-15)34(4,32)33)27-18-10-20(29-23(31)14-5-6-14)28-22-21(18)25-13(2)26-22/h7-11,14H,5-6H2,1-4H3,(H3,25,26,27,28,29,31). The summed E-state index contributed by atoms with van der Waals surface area (Å²) in [6, 6.07) is 6.92. The SMILES string of the molecule is Cc1nc2nc(NC(=O)C3CC3)cc(Nc3ccc(-c4cnn(C)c4C)cc3S(C)(=O)=O)c2[nH]1. The van der Waals surface area contributed by atoms with Crippen LogP contribution < -0.4 is 10.6 Å². The zero-order valence-electron chi connectivity index (χ0n) is 19.3. The molecule has 0 radical (unpaired) electrons. The Bertz CT molecular complexity index is 1550. The molecule has 0 saturated heterocycles. The number of amides is 1. The number of nitrogens with one attached hydrogen (secondary N) is 3. The minimum atomic E-state index is -3.57. The van der Waals surface area contributed by atoms with Crippen molar-refractivity contribution in [3.63, 3.8) is 0 Å². The molecule has 1 aliphatic carbocycles. The highest BCUT2D eigenvalue weighted by Gasteiger charge is 2.30. The van der Waals surface area contributed by atoms with Gasteiger partial charge in [0.05, 0.1) is 22.5 Å². The van der Waals surface area contributed by atoms with Gasteiger partial charge in [0.25, 0.3) is 0 Å². The Morgan fingerprint density at radius 3 is 2.56 bits per heavy atom. The van der Waals surface area contributed by atoms with E-state index in [0.717, 1.165) is 29.7 Å². The van der Waals surface area contributed by atoms with E-state index >= 15 is 0 Å². The fourth-order valence-corrected chi connectivity index (χ4v) is 4.73. The second-order valence-corrected chi connectivity index (χ2v) is 10.7. The molecule has 11 heteroatoms. The first-order valence-corrected chi connectivity index (χ1v) is 12.8. The molecule has 0 spiro atoms. The molecule has 34 heavy (non-hydrogen) atoms. The average Bonchev–Trinajstić information content (AvgIpc) is 3.48. The maximum atomic E-state index is 12.7. The molecular formula is C23H25N7O3S. The van der Waals surface area contributed by atoms with Gasteiger partial charge in [0, 0.05) is 36.5 Å². The number of hydrogen-bond acceptors (Lipinski definition) is 7. The Morgan fingerprint density at radius 1 is 1.15 bits per heavy atom. The Balaban J connectivity index is 1.58. The molecule has 0 atom stereocenters. The van der Waals surface area contributed by atoms with Gasteiger partial charge < -0.3 is 15.6 Å². The largest absolute Gasteiger partial charge is 0.353 e. The molecule has 176 valence electrons. The fourth-order valence-electron chi connectivity index (χ4n) is 3.87. The van der Waals surface area contributed by atoms with E-state index in [2.05, 4.69) is 30.7 Å². The number of carbonyl (C=O) groups is 1. The topological polar surface area (TPSA) is 135 Å². The summed E-state index contributed by atoms with van der Waals surface area (Å²) in [6.07, 6.45) is 4.65. The number of imidazole rings is 1. The molecule has 0 bridgehead atoms. The number of aryl methyl sites for hydroxylation is 2. The highest BCUT2D eigenvalue weighted by Crippen LogP contribution is 2.35. The van der Waals surface area contributed by atoms with Crippen LogP contribution in [0.5, 0.6) is 0 Å². The molecule has 0 aliphatic heterocycles. The number of sulfone groups is 1. The van der Waals surface area contributed by atoms with Crippen molar-refractivity contribution in [3.05, 3.63) is 42.0 Å². The lowest BCUT2D eigenvalue weighted by molar-refractivity contribution is -0.117. The first-order valence-electron chi connectivity index (χ1n) is 10.9. The molecule has 1 aromatic carbocycles. The third kappa shape index (κ3) is 4.14. The number of fused-ring (bicyclic) bond motifs is 1. The van der Waals surface area contributed by atoms with Crippen LogP contribution in [0.2, 0.25) is 0 Å². The maximum Gasteiger partial charge on any atom is 0.228 e. The molecule has 3 heterocycles. The first-order chi connectivity index (χ1) is 16.1. The van der Waals surface area contributed by atoms with E-state index in [1.807, 2.05) is 20.0 Å². The van der Waals surface area contributed by atoms with Crippen molar-refractivity contribution in [3.8, 4) is 11.1 Å². The molecule has 1 amide bonds. The van der Waals surface area contributed by atoms with E-state index in [0.29, 0.717) is 34.2 Å². The third-order valence-corrected chi connectivity index (χ3v) is 7.11. The van der Waals surface area contributed by atoms with Crippen molar-refractivity contribution < 1.29 is 13.2 Å². The van der Waals surface area contributed by atoms with E-state index in [4.69, 9.17) is 0 Å². The van der Waals surface area contributed by atoms with Crippen LogP contribution in [0.15, 0.2) is 35.4 Å². The van der Waals surface area contributed by atoms with Crippen LogP contribution >= 0.6 is 0 Å². The van der Waals surface area contributed by atoms with Crippen LogP contribution in [-0.4, -0.2) is 45.3 Å². The Kier molecular flexibility index (Phi) is 5.16. The van der Waals surface area contributed by atoms with Gasteiger partial charge in [-0.05, 0) is 44.4 Å². The number of H-pyrrole nitrogens is 1. The number of benzene rings is 1. The summed E-state index contributed by atoms with van der Waals surface area (Å²) < 4.78 is 27.2. The number of hydrogen-bond donors (Lipinski definition) is 3. The minimum absolute atomic E-state index is 0.0233. The number of pyridine rings is 1. The Labute approximate surface area is 196 Å². The molecule has 1 aliphatic rings. The Morgan fingerprint density at radius 2 is 1.91 bits per heavy atom. The van der Waals surface area contributed by atoms with E-state index in [1.54, 1.807) is 36.0 Å². The fraction of sp³-hybridized carbons (Fsp3) is 0.304. The lowest BCUT2D eigenvalue weighted by atomic mass is 10.1. The lowest BCUT2D eigenvalue weighted by Gasteiger charge is -2.14. The summed E-state index contributed by atoms with van der Waals surface area (Å²) in [5.74, 6) is 0.970. The molecule has 4 aromatic rings. The zero-order valence-corrected chi connectivity index (χ0v) is 20.1. The minimum Gasteiger partial charge on any atom is -0.353 e. The van der Waals surface area contributed by atoms with Crippen molar-refractivity contribution in [2.24, 2.45) is 13.0 Å². The summed E-state index contributed by atoms with van der Waals surface area (Å²) in [4.78, 5) is 24.4. The highest BCUT2D eigenvalue weighted by atomic mass is 32.2. The Hall–Kier alpha value is -3.73. The quantitative estimate of drug-likeness (QED) is 0.385. The van der Waals surface area contributed by atoms with Gasteiger partial charge in [-0.25, -0.2) is 18.4 Å². The van der Waals surface area contributed by atoms with Crippen molar-refractivity contribution >= 4 is 44.1 Å². The number of carbonyl (C=O) groups excluding carboxylic acids is 1. The molecular weight excluding hydrogens is 454 g/mol. The number of aromatic amines is 1. The van der Waals surface area contributed by atoms with Gasteiger partial charge in [-0.3, -0.25) is 9.48 Å². The summed E-state index contributed by atoms with van der Waals surface area (Å²) >= 11 is 0. The summed E-state index contributed by atoms with van der Waals surface area (Å²) in [5.41, 5.74) is 4.57. The monoisotopic (exact) mass is 479 g/mol. The smallest absolute Gasteiger partial charge is 0.228 e. The number of anilines is 3. The van der Waals surface area contributed by atoms with Gasteiger partial charge in [0.2, 0.25) is 5.91 Å². The summed E-state index contributed by atoms with van der Waals surface area (Å²) in [7, 11) is -1.73. The van der Waals surface area contributed by atoms with Crippen LogP contribution in [0.3, 0.4) is 0 Å². The van der Waals surface area contributed by atoms with Gasteiger partial charge in [-0.2, -0.15) is 5.10 Å². The third-order valence-electron chi connectivity index (χ3n) is 5.98.